The zero-order valence-corrected chi connectivity index (χ0v) is 19.5. The third-order valence-corrected chi connectivity index (χ3v) is 5.17. The molecule has 2 aromatic carbocycles. The summed E-state index contributed by atoms with van der Waals surface area (Å²) in [6, 6.07) is 13.7. The maximum Gasteiger partial charge on any atom is 0.414 e. The summed E-state index contributed by atoms with van der Waals surface area (Å²) in [5.41, 5.74) is 2.26. The lowest BCUT2D eigenvalue weighted by Gasteiger charge is -2.35. The van der Waals surface area contributed by atoms with Crippen molar-refractivity contribution in [2.24, 2.45) is 0 Å². The van der Waals surface area contributed by atoms with E-state index in [4.69, 9.17) is 34.0 Å². The molecule has 0 atom stereocenters. The van der Waals surface area contributed by atoms with Crippen molar-refractivity contribution in [3.63, 3.8) is 0 Å². The normalized spacial score (nSPS) is 13.3. The molecular weight excluding hydrogens is 444 g/mol. The summed E-state index contributed by atoms with van der Waals surface area (Å²) in [5, 5.41) is 14.8. The number of amides is 1. The molecule has 0 bridgehead atoms. The highest BCUT2D eigenvalue weighted by molar-refractivity contribution is 6.27. The molecule has 1 aliphatic rings. The van der Waals surface area contributed by atoms with Crippen LogP contribution in [-0.2, 0) is 20.9 Å². The van der Waals surface area contributed by atoms with E-state index in [1.54, 1.807) is 14.2 Å². The van der Waals surface area contributed by atoms with Crippen LogP contribution in [0.2, 0.25) is 0 Å². The fourth-order valence-electron chi connectivity index (χ4n) is 3.35. The zero-order chi connectivity index (χ0) is 25.1. The number of carbonyl (C=O) groups excluding carboxylic acids is 1. The molecule has 0 aromatic heterocycles. The lowest BCUT2D eigenvalue weighted by molar-refractivity contribution is -0.159. The Balaban J connectivity index is 0.000000604. The van der Waals surface area contributed by atoms with Gasteiger partial charge in [0.1, 0.15) is 5.75 Å². The fraction of sp³-hybridized carbons (Fsp3) is 0.375. The number of carbonyl (C=O) groups is 3. The van der Waals surface area contributed by atoms with Crippen molar-refractivity contribution in [3.05, 3.63) is 53.6 Å². The quantitative estimate of drug-likeness (QED) is 0.579. The molecule has 2 aromatic rings. The molecule has 0 spiro atoms. The van der Waals surface area contributed by atoms with Gasteiger partial charge >= 0.3 is 11.9 Å². The van der Waals surface area contributed by atoms with Crippen LogP contribution in [0.25, 0.3) is 0 Å². The summed E-state index contributed by atoms with van der Waals surface area (Å²) in [4.78, 5) is 34.8. The smallest absolute Gasteiger partial charge is 0.414 e. The van der Waals surface area contributed by atoms with E-state index < -0.39 is 11.9 Å². The van der Waals surface area contributed by atoms with Crippen molar-refractivity contribution in [1.82, 2.24) is 9.80 Å². The fourth-order valence-corrected chi connectivity index (χ4v) is 3.35. The Kier molecular flexibility index (Phi) is 10.2. The minimum Gasteiger partial charge on any atom is -0.493 e. The number of nitrogens with zero attached hydrogens (tertiary/aromatic N) is 2. The van der Waals surface area contributed by atoms with Crippen molar-refractivity contribution in [2.45, 2.75) is 13.5 Å². The largest absolute Gasteiger partial charge is 0.493 e. The number of methoxy groups -OCH3 is 2. The third kappa shape index (κ3) is 7.96. The van der Waals surface area contributed by atoms with Gasteiger partial charge in [0.05, 0.1) is 14.2 Å². The van der Waals surface area contributed by atoms with Crippen molar-refractivity contribution in [2.75, 3.05) is 47.0 Å². The number of rotatable bonds is 7. The van der Waals surface area contributed by atoms with Crippen molar-refractivity contribution in [1.29, 1.82) is 0 Å². The number of ether oxygens (including phenoxy) is 3. The van der Waals surface area contributed by atoms with E-state index in [2.05, 4.69) is 4.90 Å². The highest BCUT2D eigenvalue weighted by Gasteiger charge is 2.22. The first kappa shape index (κ1) is 26.5. The van der Waals surface area contributed by atoms with Crippen LogP contribution in [0.1, 0.15) is 11.1 Å². The van der Waals surface area contributed by atoms with E-state index >= 15 is 0 Å². The molecule has 10 heteroatoms. The van der Waals surface area contributed by atoms with E-state index in [9.17, 15) is 4.79 Å². The Bertz CT molecular complexity index is 957. The molecule has 184 valence electrons. The van der Waals surface area contributed by atoms with Crippen molar-refractivity contribution >= 4 is 17.8 Å². The Morgan fingerprint density at radius 3 is 2.03 bits per heavy atom. The molecule has 1 heterocycles. The monoisotopic (exact) mass is 474 g/mol. The molecule has 0 unspecified atom stereocenters. The SMILES string of the molecule is COc1cccc(CN2CCN(C(=O)COc3ccc(C)cc3)CC2)c1OC.O=C(O)C(=O)O. The molecule has 1 amide bonds. The summed E-state index contributed by atoms with van der Waals surface area (Å²) in [6.07, 6.45) is 0. The number of piperazine rings is 1. The number of benzene rings is 2. The van der Waals surface area contributed by atoms with Crippen LogP contribution in [0.15, 0.2) is 42.5 Å². The van der Waals surface area contributed by atoms with Gasteiger partial charge in [0.25, 0.3) is 5.91 Å². The van der Waals surface area contributed by atoms with Crippen molar-refractivity contribution in [3.8, 4) is 17.2 Å². The van der Waals surface area contributed by atoms with Gasteiger partial charge in [-0.3, -0.25) is 9.69 Å². The van der Waals surface area contributed by atoms with E-state index in [0.29, 0.717) is 13.1 Å². The Hall–Kier alpha value is -3.79. The summed E-state index contributed by atoms with van der Waals surface area (Å²) in [7, 11) is 3.30. The van der Waals surface area contributed by atoms with Crippen LogP contribution in [-0.4, -0.2) is 84.9 Å². The van der Waals surface area contributed by atoms with E-state index in [1.807, 2.05) is 54.3 Å². The average Bonchev–Trinajstić information content (AvgIpc) is 2.84. The molecule has 0 saturated carbocycles. The summed E-state index contributed by atoms with van der Waals surface area (Å²) in [6.45, 7) is 5.89. The number of para-hydroxylation sites is 1. The number of hydrogen-bond donors (Lipinski definition) is 2. The van der Waals surface area contributed by atoms with E-state index in [0.717, 1.165) is 42.4 Å². The number of carboxylic acid groups (broad SMARTS) is 2. The molecule has 34 heavy (non-hydrogen) atoms. The molecular formula is C24H30N2O8. The molecule has 1 fully saturated rings. The topological polar surface area (TPSA) is 126 Å². The average molecular weight is 475 g/mol. The molecule has 2 N–H and O–H groups in total. The van der Waals surface area contributed by atoms with Crippen LogP contribution in [0.5, 0.6) is 17.2 Å². The van der Waals surface area contributed by atoms with Gasteiger partial charge in [-0.1, -0.05) is 29.8 Å². The van der Waals surface area contributed by atoms with Gasteiger partial charge in [-0.25, -0.2) is 9.59 Å². The van der Waals surface area contributed by atoms with E-state index in [-0.39, 0.29) is 12.5 Å². The maximum absolute atomic E-state index is 12.4. The maximum atomic E-state index is 12.4. The van der Waals surface area contributed by atoms with Crippen LogP contribution >= 0.6 is 0 Å². The minimum atomic E-state index is -1.82. The second-order valence-electron chi connectivity index (χ2n) is 7.52. The van der Waals surface area contributed by atoms with Crippen LogP contribution in [0.4, 0.5) is 0 Å². The highest BCUT2D eigenvalue weighted by Crippen LogP contribution is 2.31. The molecule has 1 saturated heterocycles. The second kappa shape index (κ2) is 13.0. The Morgan fingerprint density at radius 2 is 1.50 bits per heavy atom. The van der Waals surface area contributed by atoms with Gasteiger partial charge in [-0.05, 0) is 25.1 Å². The summed E-state index contributed by atoms with van der Waals surface area (Å²) < 4.78 is 16.5. The Labute approximate surface area is 198 Å². The van der Waals surface area contributed by atoms with Crippen LogP contribution < -0.4 is 14.2 Å². The first-order valence-electron chi connectivity index (χ1n) is 10.6. The van der Waals surface area contributed by atoms with Gasteiger partial charge in [-0.15, -0.1) is 0 Å². The van der Waals surface area contributed by atoms with Gasteiger partial charge in [0.2, 0.25) is 0 Å². The number of hydrogen-bond acceptors (Lipinski definition) is 7. The molecule has 0 radical (unpaired) electrons. The number of aryl methyl sites for hydroxylation is 1. The minimum absolute atomic E-state index is 0.0270. The van der Waals surface area contributed by atoms with Gasteiger partial charge in [0.15, 0.2) is 18.1 Å². The Morgan fingerprint density at radius 1 is 0.882 bits per heavy atom. The second-order valence-corrected chi connectivity index (χ2v) is 7.52. The van der Waals surface area contributed by atoms with Gasteiger partial charge in [-0.2, -0.15) is 0 Å². The summed E-state index contributed by atoms with van der Waals surface area (Å²) >= 11 is 0. The third-order valence-electron chi connectivity index (χ3n) is 5.17. The van der Waals surface area contributed by atoms with E-state index in [1.165, 1.54) is 5.56 Å². The first-order valence-corrected chi connectivity index (χ1v) is 10.6. The summed E-state index contributed by atoms with van der Waals surface area (Å²) in [5.74, 6) is -1.39. The molecule has 1 aliphatic heterocycles. The highest BCUT2D eigenvalue weighted by atomic mass is 16.5. The molecule has 3 rings (SSSR count). The number of aliphatic carboxylic acids is 2. The van der Waals surface area contributed by atoms with Crippen LogP contribution in [0.3, 0.4) is 0 Å². The standard InChI is InChI=1S/C22H28N2O4.C2H2O4/c1-17-7-9-19(10-8-17)28-16-21(25)24-13-11-23(12-14-24)15-18-5-4-6-20(26-2)22(18)27-3;3-1(4)2(5)6/h4-10H,11-16H2,1-3H3;(H,3,4)(H,5,6). The van der Waals surface area contributed by atoms with Gasteiger partial charge < -0.3 is 29.3 Å². The lowest BCUT2D eigenvalue weighted by atomic mass is 10.1. The lowest BCUT2D eigenvalue weighted by Crippen LogP contribution is -2.49. The van der Waals surface area contributed by atoms with Crippen LogP contribution in [0, 0.1) is 6.92 Å². The van der Waals surface area contributed by atoms with Crippen molar-refractivity contribution < 1.29 is 38.8 Å². The zero-order valence-electron chi connectivity index (χ0n) is 19.5. The predicted molar refractivity (Wildman–Crippen MR) is 123 cm³/mol. The first-order chi connectivity index (χ1) is 16.2. The van der Waals surface area contributed by atoms with Gasteiger partial charge in [0, 0.05) is 38.3 Å². The predicted octanol–water partition coefficient (Wildman–Crippen LogP) is 1.89. The molecule has 0 aliphatic carbocycles. The number of carboxylic acids is 2. The molecule has 10 nitrogen and oxygen atoms in total.